The lowest BCUT2D eigenvalue weighted by Gasteiger charge is -2.29. The number of rotatable bonds is 6. The quantitative estimate of drug-likeness (QED) is 0.361. The molecule has 0 spiro atoms. The summed E-state index contributed by atoms with van der Waals surface area (Å²) in [6.07, 6.45) is 14.2. The first-order valence-corrected chi connectivity index (χ1v) is 10.3. The van der Waals surface area contributed by atoms with Gasteiger partial charge in [0.05, 0.1) is 12.6 Å². The van der Waals surface area contributed by atoms with E-state index in [-0.39, 0.29) is 12.0 Å². The third-order valence-electron chi connectivity index (χ3n) is 5.34. The molecule has 2 aliphatic rings. The third kappa shape index (κ3) is 4.69. The van der Waals surface area contributed by atoms with Gasteiger partial charge in [-0.25, -0.2) is 9.99 Å². The number of hydrazine groups is 1. The molecule has 5 nitrogen and oxygen atoms in total. The minimum atomic E-state index is 0.121. The molecule has 1 aromatic heterocycles. The highest BCUT2D eigenvalue weighted by molar-refractivity contribution is 6.30. The van der Waals surface area contributed by atoms with E-state index in [2.05, 4.69) is 66.9 Å². The van der Waals surface area contributed by atoms with Crippen molar-refractivity contribution < 1.29 is 0 Å². The fraction of sp³-hybridized carbons (Fsp3) is 0.292. The van der Waals surface area contributed by atoms with E-state index in [1.54, 1.807) is 0 Å². The van der Waals surface area contributed by atoms with Gasteiger partial charge >= 0.3 is 0 Å². The van der Waals surface area contributed by atoms with E-state index < -0.39 is 0 Å². The van der Waals surface area contributed by atoms with Gasteiger partial charge in [-0.15, -0.1) is 19.7 Å². The molecule has 0 aliphatic carbocycles. The molecule has 0 fully saturated rings. The van der Waals surface area contributed by atoms with Crippen LogP contribution in [0.5, 0.6) is 0 Å². The van der Waals surface area contributed by atoms with Gasteiger partial charge in [0.2, 0.25) is 0 Å². The van der Waals surface area contributed by atoms with Crippen LogP contribution in [0, 0.1) is 5.41 Å². The Morgan fingerprint density at radius 1 is 1.40 bits per heavy atom. The monoisotopic (exact) mass is 423 g/mol. The van der Waals surface area contributed by atoms with E-state index in [4.69, 9.17) is 17.0 Å². The van der Waals surface area contributed by atoms with Gasteiger partial charge in [0.1, 0.15) is 5.15 Å². The number of aliphatic imine (C=N–C) groups is 1. The Hall–Kier alpha value is -2.76. The van der Waals surface area contributed by atoms with E-state index in [1.165, 1.54) is 11.8 Å². The van der Waals surface area contributed by atoms with E-state index in [0.29, 0.717) is 17.5 Å². The molecule has 0 saturated heterocycles. The summed E-state index contributed by atoms with van der Waals surface area (Å²) >= 11 is 6.54. The second kappa shape index (κ2) is 10.9. The van der Waals surface area contributed by atoms with E-state index in [9.17, 15) is 0 Å². The highest BCUT2D eigenvalue weighted by Gasteiger charge is 2.31. The van der Waals surface area contributed by atoms with Crippen molar-refractivity contribution in [3.63, 3.8) is 0 Å². The lowest BCUT2D eigenvalue weighted by Crippen LogP contribution is -2.38. The predicted octanol–water partition coefficient (Wildman–Crippen LogP) is 5.72. The van der Waals surface area contributed by atoms with Crippen LogP contribution in [0.2, 0.25) is 5.15 Å². The van der Waals surface area contributed by atoms with Crippen LogP contribution < -0.4 is 5.01 Å². The molecule has 0 bridgehead atoms. The van der Waals surface area contributed by atoms with Crippen molar-refractivity contribution in [1.82, 2.24) is 9.99 Å². The van der Waals surface area contributed by atoms with Crippen LogP contribution in [0.4, 0.5) is 5.82 Å². The number of hydrogen-bond acceptors (Lipinski definition) is 5. The standard InChI is InChI=1S/C22H26ClN5.C2H4/c1-5-16(6-2)19-12-18(13-24)22(26-21(19)23)28-14-20(15(3)27(28)4)17-8-7-10-25-11-9-17;1-2/h5,7-10,12-16,24H,1,6,11H2,2-4H3;1-2H2. The maximum absolute atomic E-state index is 7.92. The Morgan fingerprint density at radius 3 is 2.77 bits per heavy atom. The summed E-state index contributed by atoms with van der Waals surface area (Å²) in [5.74, 6) is 0.775. The van der Waals surface area contributed by atoms with Gasteiger partial charge in [0.25, 0.3) is 0 Å². The number of nitrogens with zero attached hydrogens (tertiary/aromatic N) is 4. The number of allylic oxidation sites excluding steroid dienone is 3. The number of nitrogens with one attached hydrogen (secondary N) is 1. The molecule has 0 aromatic carbocycles. The van der Waals surface area contributed by atoms with Crippen LogP contribution >= 0.6 is 11.6 Å². The van der Waals surface area contributed by atoms with Crippen LogP contribution in [0.1, 0.15) is 37.3 Å². The molecule has 30 heavy (non-hydrogen) atoms. The van der Waals surface area contributed by atoms with Crippen LogP contribution in [-0.2, 0) is 0 Å². The fourth-order valence-corrected chi connectivity index (χ4v) is 3.80. The highest BCUT2D eigenvalue weighted by atomic mass is 35.5. The SMILES string of the molecule is C=C.C=CC(CC)c1cc(C=N)c(N2C=C(C3=CCN=CC=C3)C(C)N2C)nc1Cl. The molecule has 158 valence electrons. The van der Waals surface area contributed by atoms with E-state index in [0.717, 1.165) is 23.1 Å². The number of pyridine rings is 1. The van der Waals surface area contributed by atoms with E-state index >= 15 is 0 Å². The Balaban J connectivity index is 0.00000155. The summed E-state index contributed by atoms with van der Waals surface area (Å²) < 4.78 is 0. The average Bonchev–Trinajstić information content (AvgIpc) is 2.95. The maximum Gasteiger partial charge on any atom is 0.157 e. The molecular weight excluding hydrogens is 394 g/mol. The smallest absolute Gasteiger partial charge is 0.157 e. The molecule has 1 aromatic rings. The van der Waals surface area contributed by atoms with Gasteiger partial charge in [-0.2, -0.15) is 0 Å². The summed E-state index contributed by atoms with van der Waals surface area (Å²) in [5, 5.41) is 12.5. The molecule has 2 aliphatic heterocycles. The first-order chi connectivity index (χ1) is 14.5. The zero-order valence-electron chi connectivity index (χ0n) is 18.0. The number of halogens is 1. The van der Waals surface area contributed by atoms with Crippen molar-refractivity contribution >= 4 is 29.8 Å². The van der Waals surface area contributed by atoms with Gasteiger partial charge in [-0.05, 0) is 42.2 Å². The molecule has 0 amide bonds. The van der Waals surface area contributed by atoms with Crippen molar-refractivity contribution in [3.8, 4) is 0 Å². The van der Waals surface area contributed by atoms with Gasteiger partial charge in [0.15, 0.2) is 5.82 Å². The van der Waals surface area contributed by atoms with Gasteiger partial charge in [-0.3, -0.25) is 10.0 Å². The first kappa shape index (κ1) is 23.5. The van der Waals surface area contributed by atoms with Gasteiger partial charge < -0.3 is 5.41 Å². The van der Waals surface area contributed by atoms with Crippen molar-refractivity contribution in [3.05, 3.63) is 83.7 Å². The zero-order chi connectivity index (χ0) is 22.3. The Morgan fingerprint density at radius 2 is 2.13 bits per heavy atom. The summed E-state index contributed by atoms with van der Waals surface area (Å²) in [5.41, 5.74) is 3.97. The number of hydrogen-bond donors (Lipinski definition) is 1. The molecule has 1 N–H and O–H groups in total. The maximum atomic E-state index is 7.92. The number of anilines is 1. The summed E-state index contributed by atoms with van der Waals surface area (Å²) in [6.45, 7) is 14.8. The number of aromatic nitrogens is 1. The molecule has 6 heteroatoms. The Labute approximate surface area is 185 Å². The van der Waals surface area contributed by atoms with Crippen LogP contribution in [0.3, 0.4) is 0 Å². The lowest BCUT2D eigenvalue weighted by atomic mass is 9.97. The highest BCUT2D eigenvalue weighted by Crippen LogP contribution is 2.35. The van der Waals surface area contributed by atoms with Crippen LogP contribution in [-0.4, -0.2) is 42.1 Å². The molecular formula is C24H30ClN5. The average molecular weight is 424 g/mol. The Kier molecular flexibility index (Phi) is 8.51. The summed E-state index contributed by atoms with van der Waals surface area (Å²) in [4.78, 5) is 8.95. The first-order valence-electron chi connectivity index (χ1n) is 9.96. The van der Waals surface area contributed by atoms with E-state index in [1.807, 2.05) is 36.5 Å². The Bertz CT molecular complexity index is 912. The van der Waals surface area contributed by atoms with Gasteiger partial charge in [-0.1, -0.05) is 36.8 Å². The summed E-state index contributed by atoms with van der Waals surface area (Å²) in [7, 11) is 2.02. The minimum absolute atomic E-state index is 0.121. The second-order valence-corrected chi connectivity index (χ2v) is 7.25. The second-order valence-electron chi connectivity index (χ2n) is 6.89. The van der Waals surface area contributed by atoms with Crippen LogP contribution in [0.25, 0.3) is 0 Å². The summed E-state index contributed by atoms with van der Waals surface area (Å²) in [6, 6.07) is 2.11. The third-order valence-corrected chi connectivity index (χ3v) is 5.64. The minimum Gasteiger partial charge on any atom is -0.308 e. The lowest BCUT2D eigenvalue weighted by molar-refractivity contribution is 0.314. The topological polar surface area (TPSA) is 55.6 Å². The van der Waals surface area contributed by atoms with Crippen molar-refractivity contribution in [2.75, 3.05) is 18.6 Å². The molecule has 3 rings (SSSR count). The normalized spacial score (nSPS) is 19.3. The van der Waals surface area contributed by atoms with Gasteiger partial charge in [0, 0.05) is 37.2 Å². The van der Waals surface area contributed by atoms with Crippen molar-refractivity contribution in [2.45, 2.75) is 32.2 Å². The molecule has 3 heterocycles. The zero-order valence-corrected chi connectivity index (χ0v) is 18.7. The number of likely N-dealkylation sites (N-methyl/N-ethyl adjacent to an activating group) is 1. The molecule has 2 unspecified atom stereocenters. The predicted molar refractivity (Wildman–Crippen MR) is 130 cm³/mol. The van der Waals surface area contributed by atoms with Crippen molar-refractivity contribution in [2.24, 2.45) is 4.99 Å². The van der Waals surface area contributed by atoms with Crippen LogP contribution in [0.15, 0.2) is 72.4 Å². The van der Waals surface area contributed by atoms with Crippen molar-refractivity contribution in [1.29, 1.82) is 5.41 Å². The molecule has 2 atom stereocenters. The fourth-order valence-electron chi connectivity index (χ4n) is 3.52. The largest absolute Gasteiger partial charge is 0.308 e. The molecule has 0 radical (unpaired) electrons. The molecule has 0 saturated carbocycles.